The van der Waals surface area contributed by atoms with Crippen LogP contribution in [0.5, 0.6) is 5.88 Å². The summed E-state index contributed by atoms with van der Waals surface area (Å²) in [5, 5.41) is 4.38. The van der Waals surface area contributed by atoms with Gasteiger partial charge in [-0.15, -0.1) is 11.3 Å². The number of fused-ring (bicyclic) bond motifs is 1. The van der Waals surface area contributed by atoms with E-state index in [2.05, 4.69) is 28.3 Å². The predicted molar refractivity (Wildman–Crippen MR) is 68.7 cm³/mol. The van der Waals surface area contributed by atoms with Gasteiger partial charge in [0.1, 0.15) is 17.3 Å². The highest BCUT2D eigenvalue weighted by atomic mass is 32.1. The van der Waals surface area contributed by atoms with Crippen LogP contribution >= 0.6 is 11.3 Å². The van der Waals surface area contributed by atoms with E-state index in [1.807, 2.05) is 0 Å². The van der Waals surface area contributed by atoms with E-state index in [0.29, 0.717) is 0 Å². The maximum atomic E-state index is 5.97. The Morgan fingerprint density at radius 3 is 3.24 bits per heavy atom. The Labute approximate surface area is 104 Å². The first-order chi connectivity index (χ1) is 8.33. The SMILES string of the molecule is Cc1cc2c(O[C@H]3CCCNC3)ncnc2s1. The molecular weight excluding hydrogens is 234 g/mol. The molecular formula is C12H15N3OS. The number of rotatable bonds is 2. The predicted octanol–water partition coefficient (Wildman–Crippen LogP) is 2.13. The Balaban J connectivity index is 1.88. The molecule has 5 heteroatoms. The summed E-state index contributed by atoms with van der Waals surface area (Å²) < 4.78 is 5.97. The van der Waals surface area contributed by atoms with E-state index in [0.717, 1.165) is 35.6 Å². The first-order valence-corrected chi connectivity index (χ1v) is 6.73. The molecule has 0 aliphatic carbocycles. The Kier molecular flexibility index (Phi) is 2.94. The molecule has 2 aromatic heterocycles. The Morgan fingerprint density at radius 2 is 2.41 bits per heavy atom. The van der Waals surface area contributed by atoms with Gasteiger partial charge in [0.25, 0.3) is 0 Å². The number of aromatic nitrogens is 2. The van der Waals surface area contributed by atoms with Crippen molar-refractivity contribution in [2.24, 2.45) is 0 Å². The molecule has 1 aliphatic rings. The molecule has 4 nitrogen and oxygen atoms in total. The van der Waals surface area contributed by atoms with E-state index in [-0.39, 0.29) is 6.10 Å². The summed E-state index contributed by atoms with van der Waals surface area (Å²) in [6.07, 6.45) is 4.09. The smallest absolute Gasteiger partial charge is 0.225 e. The fourth-order valence-corrected chi connectivity index (χ4v) is 2.96. The highest BCUT2D eigenvalue weighted by molar-refractivity contribution is 7.18. The summed E-state index contributed by atoms with van der Waals surface area (Å²) in [5.74, 6) is 0.730. The number of ether oxygens (including phenoxy) is 1. The van der Waals surface area contributed by atoms with Crippen LogP contribution < -0.4 is 10.1 Å². The zero-order chi connectivity index (χ0) is 11.7. The highest BCUT2D eigenvalue weighted by Crippen LogP contribution is 2.29. The Hall–Kier alpha value is -1.20. The Morgan fingerprint density at radius 1 is 1.47 bits per heavy atom. The minimum atomic E-state index is 0.238. The van der Waals surface area contributed by atoms with E-state index < -0.39 is 0 Å². The lowest BCUT2D eigenvalue weighted by Gasteiger charge is -2.23. The van der Waals surface area contributed by atoms with E-state index >= 15 is 0 Å². The van der Waals surface area contributed by atoms with Crippen LogP contribution in [0.1, 0.15) is 17.7 Å². The molecule has 1 atom stereocenters. The van der Waals surface area contributed by atoms with Gasteiger partial charge >= 0.3 is 0 Å². The van der Waals surface area contributed by atoms with Gasteiger partial charge in [0.15, 0.2) is 0 Å². The van der Waals surface area contributed by atoms with Crippen molar-refractivity contribution in [2.75, 3.05) is 13.1 Å². The summed E-state index contributed by atoms with van der Waals surface area (Å²) in [7, 11) is 0. The first-order valence-electron chi connectivity index (χ1n) is 5.91. The van der Waals surface area contributed by atoms with Crippen LogP contribution in [0.2, 0.25) is 0 Å². The molecule has 3 heterocycles. The average Bonchev–Trinajstić information content (AvgIpc) is 2.72. The van der Waals surface area contributed by atoms with Crippen molar-refractivity contribution in [3.8, 4) is 5.88 Å². The van der Waals surface area contributed by atoms with E-state index in [4.69, 9.17) is 4.74 Å². The van der Waals surface area contributed by atoms with Crippen molar-refractivity contribution in [3.63, 3.8) is 0 Å². The van der Waals surface area contributed by atoms with E-state index in [1.165, 1.54) is 11.3 Å². The van der Waals surface area contributed by atoms with Crippen molar-refractivity contribution in [1.82, 2.24) is 15.3 Å². The van der Waals surface area contributed by atoms with Gasteiger partial charge < -0.3 is 10.1 Å². The van der Waals surface area contributed by atoms with Crippen LogP contribution in [-0.4, -0.2) is 29.2 Å². The molecule has 0 amide bonds. The molecule has 1 aliphatic heterocycles. The summed E-state index contributed by atoms with van der Waals surface area (Å²) >= 11 is 1.68. The Bertz CT molecular complexity index is 519. The second-order valence-corrected chi connectivity index (χ2v) is 5.58. The minimum Gasteiger partial charge on any atom is -0.472 e. The van der Waals surface area contributed by atoms with Crippen molar-refractivity contribution < 1.29 is 4.74 Å². The number of piperidine rings is 1. The normalized spacial score (nSPS) is 20.6. The van der Waals surface area contributed by atoms with Gasteiger partial charge in [-0.25, -0.2) is 9.97 Å². The molecule has 0 aromatic carbocycles. The molecule has 1 fully saturated rings. The fourth-order valence-electron chi connectivity index (χ4n) is 2.13. The summed E-state index contributed by atoms with van der Waals surface area (Å²) in [6, 6.07) is 2.10. The molecule has 0 bridgehead atoms. The molecule has 0 unspecified atom stereocenters. The van der Waals surface area contributed by atoms with Crippen molar-refractivity contribution >= 4 is 21.6 Å². The number of aryl methyl sites for hydroxylation is 1. The topological polar surface area (TPSA) is 47.0 Å². The summed E-state index contributed by atoms with van der Waals surface area (Å²) in [4.78, 5) is 10.8. The molecule has 90 valence electrons. The summed E-state index contributed by atoms with van der Waals surface area (Å²) in [5.41, 5.74) is 0. The molecule has 2 aromatic rings. The second kappa shape index (κ2) is 4.58. The van der Waals surface area contributed by atoms with Crippen molar-refractivity contribution in [2.45, 2.75) is 25.9 Å². The molecule has 17 heavy (non-hydrogen) atoms. The molecule has 1 saturated heterocycles. The minimum absolute atomic E-state index is 0.238. The van der Waals surface area contributed by atoms with Crippen LogP contribution in [0.4, 0.5) is 0 Å². The molecule has 1 N–H and O–H groups in total. The number of hydrogen-bond acceptors (Lipinski definition) is 5. The lowest BCUT2D eigenvalue weighted by Crippen LogP contribution is -2.37. The zero-order valence-corrected chi connectivity index (χ0v) is 10.6. The van der Waals surface area contributed by atoms with Gasteiger partial charge in [0.2, 0.25) is 5.88 Å². The number of nitrogens with zero attached hydrogens (tertiary/aromatic N) is 2. The molecule has 0 radical (unpaired) electrons. The molecule has 0 spiro atoms. The van der Waals surface area contributed by atoms with Crippen LogP contribution in [0.15, 0.2) is 12.4 Å². The zero-order valence-electron chi connectivity index (χ0n) is 9.77. The van der Waals surface area contributed by atoms with Crippen molar-refractivity contribution in [3.05, 3.63) is 17.3 Å². The maximum Gasteiger partial charge on any atom is 0.225 e. The first kappa shape index (κ1) is 10.9. The molecule has 0 saturated carbocycles. The second-order valence-electron chi connectivity index (χ2n) is 4.34. The quantitative estimate of drug-likeness (QED) is 0.885. The van der Waals surface area contributed by atoms with Gasteiger partial charge in [0, 0.05) is 11.4 Å². The largest absolute Gasteiger partial charge is 0.472 e. The highest BCUT2D eigenvalue weighted by Gasteiger charge is 2.17. The fraction of sp³-hybridized carbons (Fsp3) is 0.500. The van der Waals surface area contributed by atoms with Gasteiger partial charge in [-0.2, -0.15) is 0 Å². The average molecular weight is 249 g/mol. The number of hydrogen-bond donors (Lipinski definition) is 1. The van der Waals surface area contributed by atoms with E-state index in [1.54, 1.807) is 17.7 Å². The van der Waals surface area contributed by atoms with Crippen molar-refractivity contribution in [1.29, 1.82) is 0 Å². The lowest BCUT2D eigenvalue weighted by molar-refractivity contribution is 0.162. The van der Waals surface area contributed by atoms with Crippen LogP contribution in [0, 0.1) is 6.92 Å². The molecule has 3 rings (SSSR count). The van der Waals surface area contributed by atoms with Gasteiger partial charge in [-0.3, -0.25) is 0 Å². The maximum absolute atomic E-state index is 5.97. The third-order valence-corrected chi connectivity index (χ3v) is 3.90. The van der Waals surface area contributed by atoms with E-state index in [9.17, 15) is 0 Å². The number of thiophene rings is 1. The van der Waals surface area contributed by atoms with Crippen LogP contribution in [0.3, 0.4) is 0 Å². The standard InChI is InChI=1S/C12H15N3OS/c1-8-5-10-11(14-7-15-12(10)17-8)16-9-3-2-4-13-6-9/h5,7,9,13H,2-4,6H2,1H3/t9-/m0/s1. The summed E-state index contributed by atoms with van der Waals surface area (Å²) in [6.45, 7) is 4.09. The van der Waals surface area contributed by atoms with Crippen LogP contribution in [0.25, 0.3) is 10.2 Å². The monoisotopic (exact) mass is 249 g/mol. The third-order valence-electron chi connectivity index (χ3n) is 2.95. The number of nitrogens with one attached hydrogen (secondary N) is 1. The van der Waals surface area contributed by atoms with Gasteiger partial charge in [0.05, 0.1) is 5.39 Å². The lowest BCUT2D eigenvalue weighted by atomic mass is 10.1. The third kappa shape index (κ3) is 2.25. The van der Waals surface area contributed by atoms with Crippen LogP contribution in [-0.2, 0) is 0 Å². The van der Waals surface area contributed by atoms with Gasteiger partial charge in [-0.05, 0) is 32.4 Å². The van der Waals surface area contributed by atoms with Gasteiger partial charge in [-0.1, -0.05) is 0 Å².